The summed E-state index contributed by atoms with van der Waals surface area (Å²) in [5.41, 5.74) is 4.73. The fraction of sp³-hybridized carbons (Fsp3) is 0.263. The molecule has 17 heteroatoms. The Morgan fingerprint density at radius 1 is 1.36 bits per heavy atom. The number of nitrogens with one attached hydrogen (secondary N) is 2. The fourth-order valence-corrected chi connectivity index (χ4v) is 5.45. The maximum absolute atomic E-state index is 12.9. The second kappa shape index (κ2) is 9.78. The van der Waals surface area contributed by atoms with Crippen molar-refractivity contribution in [3.05, 3.63) is 46.5 Å². The second-order valence-corrected chi connectivity index (χ2v) is 9.29. The van der Waals surface area contributed by atoms with Crippen molar-refractivity contribution in [2.24, 2.45) is 5.16 Å². The lowest BCUT2D eigenvalue weighted by molar-refractivity contribution is -0.150. The van der Waals surface area contributed by atoms with Crippen LogP contribution in [0.4, 0.5) is 5.13 Å². The van der Waals surface area contributed by atoms with Gasteiger partial charge in [0.2, 0.25) is 11.5 Å². The van der Waals surface area contributed by atoms with E-state index in [1.165, 1.54) is 41.8 Å². The largest absolute Gasteiger partial charge is 0.478 e. The molecule has 1 fully saturated rings. The first-order chi connectivity index (χ1) is 17.1. The third-order valence-electron chi connectivity index (χ3n) is 5.25. The number of carboxylic acid groups (broad SMARTS) is 2. The topological polar surface area (TPSA) is 226 Å². The lowest BCUT2D eigenvalue weighted by Crippen LogP contribution is -2.71. The third kappa shape index (κ3) is 4.40. The highest BCUT2D eigenvalue weighted by Gasteiger charge is 2.54. The minimum atomic E-state index is -1.36. The van der Waals surface area contributed by atoms with Gasteiger partial charge in [0.15, 0.2) is 5.13 Å². The van der Waals surface area contributed by atoms with Gasteiger partial charge in [-0.05, 0) is 17.7 Å². The maximum Gasteiger partial charge on any atom is 0.352 e. The summed E-state index contributed by atoms with van der Waals surface area (Å²) in [6.07, 6.45) is 1.45. The number of aromatic carboxylic acids is 1. The highest BCUT2D eigenvalue weighted by Crippen LogP contribution is 2.40. The molecular weight excluding hydrogens is 516 g/mol. The first kappa shape index (κ1) is 24.9. The van der Waals surface area contributed by atoms with Crippen molar-refractivity contribution < 1.29 is 34.2 Å². The number of carbonyl (C=O) groups excluding carboxylic acids is 2. The van der Waals surface area contributed by atoms with Gasteiger partial charge in [0.1, 0.15) is 35.3 Å². The summed E-state index contributed by atoms with van der Waals surface area (Å²) < 4.78 is 5.19. The van der Waals surface area contributed by atoms with E-state index in [9.17, 15) is 29.4 Å². The standard InChI is InChI=1S/C19H18N8O7S2/c1-34-24-9(13-23-19(21)36-25-13)14(28)22-10-15(29)27-11(18(32)33)7(6-35-16(10)27)5-26-4-2-3-8(12(26)20)17(30)31/h2-4,10,16,20H,5-6H2,1H3,(H,22,28)(H,30,31)(H,32,33)(H2,21,23,25)/b20-12?,24-9-. The van der Waals surface area contributed by atoms with Crippen LogP contribution in [0.25, 0.3) is 0 Å². The summed E-state index contributed by atoms with van der Waals surface area (Å²) in [6, 6.07) is 1.65. The number of nitrogen functional groups attached to an aromatic ring is 1. The maximum atomic E-state index is 12.9. The number of carbonyl (C=O) groups is 4. The van der Waals surface area contributed by atoms with Crippen LogP contribution in [-0.4, -0.2) is 82.8 Å². The Hall–Kier alpha value is -4.25. The van der Waals surface area contributed by atoms with Crippen LogP contribution in [-0.2, 0) is 25.8 Å². The van der Waals surface area contributed by atoms with Gasteiger partial charge >= 0.3 is 11.9 Å². The molecule has 0 radical (unpaired) electrons. The van der Waals surface area contributed by atoms with Crippen LogP contribution in [0, 0.1) is 5.41 Å². The van der Waals surface area contributed by atoms with E-state index in [-0.39, 0.29) is 45.7 Å². The molecule has 4 heterocycles. The average molecular weight is 535 g/mol. The number of anilines is 1. The highest BCUT2D eigenvalue weighted by molar-refractivity contribution is 8.00. The van der Waals surface area contributed by atoms with Crippen molar-refractivity contribution >= 4 is 57.9 Å². The molecule has 2 amide bonds. The van der Waals surface area contributed by atoms with E-state index < -0.39 is 35.2 Å². The van der Waals surface area contributed by atoms with Crippen LogP contribution < -0.4 is 16.5 Å². The molecule has 1 saturated heterocycles. The number of β-lactam (4-membered cyclic amide) rings is 1. The molecule has 2 aromatic heterocycles. The molecule has 0 aliphatic carbocycles. The molecule has 2 aliphatic heterocycles. The predicted molar refractivity (Wildman–Crippen MR) is 125 cm³/mol. The number of rotatable bonds is 8. The van der Waals surface area contributed by atoms with Gasteiger partial charge in [0.05, 0.1) is 0 Å². The summed E-state index contributed by atoms with van der Waals surface area (Å²) in [7, 11) is 1.22. The molecule has 2 aromatic rings. The highest BCUT2D eigenvalue weighted by atomic mass is 32.2. The molecule has 15 nitrogen and oxygen atoms in total. The Kier molecular flexibility index (Phi) is 6.75. The number of thioether (sulfide) groups is 1. The smallest absolute Gasteiger partial charge is 0.352 e. The number of oxime groups is 1. The number of aliphatic carboxylic acids is 1. The molecule has 4 rings (SSSR count). The average Bonchev–Trinajstić information content (AvgIpc) is 3.27. The van der Waals surface area contributed by atoms with E-state index in [1.54, 1.807) is 0 Å². The summed E-state index contributed by atoms with van der Waals surface area (Å²) in [4.78, 5) is 58.8. The number of hydrogen-bond donors (Lipinski definition) is 5. The Bertz CT molecular complexity index is 1400. The van der Waals surface area contributed by atoms with E-state index >= 15 is 0 Å². The minimum absolute atomic E-state index is 0.0861. The summed E-state index contributed by atoms with van der Waals surface area (Å²) >= 11 is 2.06. The minimum Gasteiger partial charge on any atom is -0.478 e. The van der Waals surface area contributed by atoms with Crippen molar-refractivity contribution in [2.75, 3.05) is 18.6 Å². The fourth-order valence-electron chi connectivity index (χ4n) is 3.68. The molecule has 2 unspecified atom stereocenters. The van der Waals surface area contributed by atoms with Gasteiger partial charge in [0.25, 0.3) is 11.8 Å². The molecule has 36 heavy (non-hydrogen) atoms. The molecule has 0 bridgehead atoms. The number of pyridine rings is 1. The zero-order valence-electron chi connectivity index (χ0n) is 18.4. The Labute approximate surface area is 209 Å². The first-order valence-electron chi connectivity index (χ1n) is 10.0. The molecule has 2 aliphatic rings. The third-order valence-corrected chi connectivity index (χ3v) is 7.13. The number of fused-ring (bicyclic) bond motifs is 1. The molecule has 6 N–H and O–H groups in total. The van der Waals surface area contributed by atoms with Gasteiger partial charge in [-0.3, -0.25) is 19.9 Å². The number of hydrogen-bond acceptors (Lipinski definition) is 12. The van der Waals surface area contributed by atoms with Crippen molar-refractivity contribution in [3.63, 3.8) is 0 Å². The number of aromatic nitrogens is 3. The van der Waals surface area contributed by atoms with E-state index in [2.05, 4.69) is 24.7 Å². The number of nitrogens with two attached hydrogens (primary N) is 1. The van der Waals surface area contributed by atoms with Crippen molar-refractivity contribution in [1.29, 1.82) is 5.41 Å². The Morgan fingerprint density at radius 2 is 2.11 bits per heavy atom. The van der Waals surface area contributed by atoms with Crippen LogP contribution in [0.15, 0.2) is 34.8 Å². The lowest BCUT2D eigenvalue weighted by atomic mass is 10.0. The van der Waals surface area contributed by atoms with E-state index in [0.29, 0.717) is 5.57 Å². The van der Waals surface area contributed by atoms with Crippen LogP contribution in [0.2, 0.25) is 0 Å². The molecule has 188 valence electrons. The van der Waals surface area contributed by atoms with Gasteiger partial charge in [-0.25, -0.2) is 9.59 Å². The van der Waals surface area contributed by atoms with Crippen molar-refractivity contribution in [1.82, 2.24) is 24.1 Å². The predicted octanol–water partition coefficient (Wildman–Crippen LogP) is -1.11. The Morgan fingerprint density at radius 3 is 2.72 bits per heavy atom. The lowest BCUT2D eigenvalue weighted by Gasteiger charge is -2.49. The molecule has 0 aromatic carbocycles. The normalized spacial score (nSPS) is 19.4. The van der Waals surface area contributed by atoms with E-state index in [4.69, 9.17) is 11.1 Å². The van der Waals surface area contributed by atoms with E-state index in [0.717, 1.165) is 16.4 Å². The zero-order chi connectivity index (χ0) is 26.1. The molecule has 0 spiro atoms. The quantitative estimate of drug-likeness (QED) is 0.155. The molecule has 2 atom stereocenters. The van der Waals surface area contributed by atoms with Gasteiger partial charge in [0, 0.05) is 30.0 Å². The number of carboxylic acids is 2. The van der Waals surface area contributed by atoms with Crippen LogP contribution >= 0.6 is 23.3 Å². The monoisotopic (exact) mass is 534 g/mol. The zero-order valence-corrected chi connectivity index (χ0v) is 20.0. The van der Waals surface area contributed by atoms with Gasteiger partial charge in [-0.1, -0.05) is 5.16 Å². The SMILES string of the molecule is CO/N=C(\C(=O)NC1C(=O)N2C(C(=O)O)=C(Cn3cccc(C(=O)O)c3=N)CSC12)c1nsc(N)n1. The Balaban J connectivity index is 1.57. The first-order valence-corrected chi connectivity index (χ1v) is 11.8. The van der Waals surface area contributed by atoms with Crippen molar-refractivity contribution in [3.8, 4) is 0 Å². The summed E-state index contributed by atoms with van der Waals surface area (Å²) in [5.74, 6) is -4.04. The molecule has 0 saturated carbocycles. The summed E-state index contributed by atoms with van der Waals surface area (Å²) in [5, 5.41) is 32.7. The summed E-state index contributed by atoms with van der Waals surface area (Å²) in [6.45, 7) is -0.107. The number of nitrogens with zero attached hydrogens (tertiary/aromatic N) is 5. The van der Waals surface area contributed by atoms with Gasteiger partial charge in [-0.2, -0.15) is 9.36 Å². The van der Waals surface area contributed by atoms with Crippen LogP contribution in [0.1, 0.15) is 16.2 Å². The van der Waals surface area contributed by atoms with Crippen LogP contribution in [0.3, 0.4) is 0 Å². The van der Waals surface area contributed by atoms with Crippen molar-refractivity contribution in [2.45, 2.75) is 18.0 Å². The van der Waals surface area contributed by atoms with Crippen LogP contribution in [0.5, 0.6) is 0 Å². The van der Waals surface area contributed by atoms with Gasteiger partial charge in [-0.15, -0.1) is 11.8 Å². The van der Waals surface area contributed by atoms with Gasteiger partial charge < -0.3 is 30.7 Å². The molecular formula is C19H18N8O7S2. The second-order valence-electron chi connectivity index (χ2n) is 7.40. The van der Waals surface area contributed by atoms with E-state index in [1.807, 2.05) is 0 Å². The number of amides is 2.